The molecule has 5 nitrogen and oxygen atoms in total. The topological polar surface area (TPSA) is 55.3 Å². The van der Waals surface area contributed by atoms with Gasteiger partial charge in [0.15, 0.2) is 5.13 Å². The molecule has 146 valence electrons. The van der Waals surface area contributed by atoms with E-state index >= 15 is 0 Å². The minimum Gasteiger partial charge on any atom is -0.496 e. The minimum atomic E-state index is -0.256. The third-order valence-corrected chi connectivity index (χ3v) is 6.02. The molecule has 0 atom stereocenters. The molecule has 0 aliphatic heterocycles. The normalized spacial score (nSPS) is 10.9. The number of hydrogen-bond donors (Lipinski definition) is 0. The number of carbonyl (C=O) groups excluding carboxylic acids is 1. The van der Waals surface area contributed by atoms with Crippen LogP contribution in [0.5, 0.6) is 5.75 Å². The molecule has 4 rings (SSSR count). The van der Waals surface area contributed by atoms with Gasteiger partial charge in [-0.15, -0.1) is 0 Å². The van der Waals surface area contributed by atoms with Crippen LogP contribution in [0.1, 0.15) is 16.1 Å². The Morgan fingerprint density at radius 2 is 2.07 bits per heavy atom. The van der Waals surface area contributed by atoms with Crippen LogP contribution in [0.3, 0.4) is 0 Å². The molecular weight excluding hydrogens is 474 g/mol. The van der Waals surface area contributed by atoms with E-state index in [0.717, 1.165) is 20.4 Å². The van der Waals surface area contributed by atoms with Gasteiger partial charge in [-0.2, -0.15) is 0 Å². The number of thiazole rings is 1. The van der Waals surface area contributed by atoms with Crippen molar-refractivity contribution >= 4 is 60.1 Å². The van der Waals surface area contributed by atoms with Crippen LogP contribution in [0.2, 0.25) is 5.02 Å². The first-order chi connectivity index (χ1) is 14.0. The number of carbonyl (C=O) groups is 1. The number of anilines is 1. The molecule has 1 amide bonds. The molecule has 0 saturated heterocycles. The molecule has 2 aromatic carbocycles. The van der Waals surface area contributed by atoms with Crippen molar-refractivity contribution in [1.29, 1.82) is 0 Å². The van der Waals surface area contributed by atoms with E-state index in [9.17, 15) is 4.79 Å². The molecular formula is C21H15BrClN3O2S. The minimum absolute atomic E-state index is 0.256. The SMILES string of the molecule is COc1ccc(Cl)cc1C(=O)N(Cc1ccccn1)c1nc2ccc(Br)cc2s1. The second kappa shape index (κ2) is 8.49. The Bertz CT molecular complexity index is 1180. The lowest BCUT2D eigenvalue weighted by Gasteiger charge is -2.21. The second-order valence-corrected chi connectivity index (χ2v) is 8.53. The Hall–Kier alpha value is -2.48. The van der Waals surface area contributed by atoms with Crippen molar-refractivity contribution in [1.82, 2.24) is 9.97 Å². The summed E-state index contributed by atoms with van der Waals surface area (Å²) >= 11 is 11.1. The van der Waals surface area contributed by atoms with E-state index < -0.39 is 0 Å². The van der Waals surface area contributed by atoms with Crippen LogP contribution >= 0.6 is 38.9 Å². The first-order valence-corrected chi connectivity index (χ1v) is 10.7. The third-order valence-electron chi connectivity index (χ3n) is 4.25. The summed E-state index contributed by atoms with van der Waals surface area (Å²) in [5.74, 6) is 0.197. The summed E-state index contributed by atoms with van der Waals surface area (Å²) in [6.07, 6.45) is 1.70. The summed E-state index contributed by atoms with van der Waals surface area (Å²) in [7, 11) is 1.53. The van der Waals surface area contributed by atoms with Crippen molar-refractivity contribution < 1.29 is 9.53 Å². The van der Waals surface area contributed by atoms with Crippen molar-refractivity contribution in [3.05, 3.63) is 81.5 Å². The highest BCUT2D eigenvalue weighted by atomic mass is 79.9. The molecule has 0 bridgehead atoms. The summed E-state index contributed by atoms with van der Waals surface area (Å²) in [6, 6.07) is 16.4. The standard InChI is InChI=1S/C21H15BrClN3O2S/c1-28-18-8-6-14(23)11-16(18)20(27)26(12-15-4-2-3-9-24-15)21-25-17-7-5-13(22)10-19(17)29-21/h2-11H,12H2,1H3. The van der Waals surface area contributed by atoms with Crippen LogP contribution in [0, 0.1) is 0 Å². The molecule has 0 aliphatic carbocycles. The molecule has 0 saturated carbocycles. The summed E-state index contributed by atoms with van der Waals surface area (Å²) in [5.41, 5.74) is 1.95. The van der Waals surface area contributed by atoms with Gasteiger partial charge in [0.1, 0.15) is 5.75 Å². The van der Waals surface area contributed by atoms with Gasteiger partial charge < -0.3 is 4.74 Å². The lowest BCUT2D eigenvalue weighted by Crippen LogP contribution is -2.31. The van der Waals surface area contributed by atoms with Crippen molar-refractivity contribution in [2.24, 2.45) is 0 Å². The molecule has 0 spiro atoms. The van der Waals surface area contributed by atoms with E-state index in [4.69, 9.17) is 16.3 Å². The number of halogens is 2. The van der Waals surface area contributed by atoms with Gasteiger partial charge in [0.2, 0.25) is 0 Å². The third kappa shape index (κ3) is 4.27. The number of aromatic nitrogens is 2. The highest BCUT2D eigenvalue weighted by Gasteiger charge is 2.25. The maximum atomic E-state index is 13.5. The molecule has 2 heterocycles. The van der Waals surface area contributed by atoms with Crippen LogP contribution in [0.15, 0.2) is 65.3 Å². The number of methoxy groups -OCH3 is 1. The lowest BCUT2D eigenvalue weighted by molar-refractivity contribution is 0.0982. The molecule has 2 aromatic heterocycles. The number of ether oxygens (including phenoxy) is 1. The van der Waals surface area contributed by atoms with Crippen LogP contribution < -0.4 is 9.64 Å². The zero-order valence-electron chi connectivity index (χ0n) is 15.3. The number of hydrogen-bond acceptors (Lipinski definition) is 5. The fraction of sp³-hybridized carbons (Fsp3) is 0.0952. The van der Waals surface area contributed by atoms with Gasteiger partial charge in [-0.3, -0.25) is 14.7 Å². The molecule has 0 N–H and O–H groups in total. The Balaban J connectivity index is 1.81. The average molecular weight is 489 g/mol. The van der Waals surface area contributed by atoms with E-state index in [0.29, 0.717) is 21.5 Å². The number of amides is 1. The quantitative estimate of drug-likeness (QED) is 0.348. The van der Waals surface area contributed by atoms with Gasteiger partial charge in [-0.05, 0) is 48.5 Å². The number of pyridine rings is 1. The average Bonchev–Trinajstić information content (AvgIpc) is 3.15. The first kappa shape index (κ1) is 19.8. The van der Waals surface area contributed by atoms with Gasteiger partial charge in [0, 0.05) is 15.7 Å². The fourth-order valence-corrected chi connectivity index (χ4v) is 4.56. The summed E-state index contributed by atoms with van der Waals surface area (Å²) in [5, 5.41) is 1.04. The first-order valence-electron chi connectivity index (χ1n) is 8.66. The van der Waals surface area contributed by atoms with Crippen LogP contribution in [0.4, 0.5) is 5.13 Å². The van der Waals surface area contributed by atoms with Crippen molar-refractivity contribution in [2.45, 2.75) is 6.54 Å². The molecule has 0 fully saturated rings. The lowest BCUT2D eigenvalue weighted by atomic mass is 10.1. The predicted octanol–water partition coefficient (Wildman–Crippen LogP) is 5.96. The zero-order valence-corrected chi connectivity index (χ0v) is 18.5. The van der Waals surface area contributed by atoms with Gasteiger partial charge in [0.25, 0.3) is 5.91 Å². The molecule has 29 heavy (non-hydrogen) atoms. The van der Waals surface area contributed by atoms with Crippen molar-refractivity contribution in [2.75, 3.05) is 12.0 Å². The van der Waals surface area contributed by atoms with Crippen LogP contribution in [-0.2, 0) is 6.54 Å². The number of benzene rings is 2. The van der Waals surface area contributed by atoms with E-state index in [2.05, 4.69) is 25.9 Å². The monoisotopic (exact) mass is 487 g/mol. The maximum Gasteiger partial charge on any atom is 0.264 e. The van der Waals surface area contributed by atoms with E-state index in [1.54, 1.807) is 29.3 Å². The fourth-order valence-electron chi connectivity index (χ4n) is 2.87. The van der Waals surface area contributed by atoms with Gasteiger partial charge >= 0.3 is 0 Å². The Labute approximate surface area is 185 Å². The zero-order chi connectivity index (χ0) is 20.4. The molecule has 4 aromatic rings. The van der Waals surface area contributed by atoms with Crippen molar-refractivity contribution in [3.63, 3.8) is 0 Å². The largest absolute Gasteiger partial charge is 0.496 e. The molecule has 0 unspecified atom stereocenters. The molecule has 8 heteroatoms. The molecule has 0 radical (unpaired) electrons. The smallest absolute Gasteiger partial charge is 0.264 e. The van der Waals surface area contributed by atoms with E-state index in [-0.39, 0.29) is 12.5 Å². The van der Waals surface area contributed by atoms with Crippen molar-refractivity contribution in [3.8, 4) is 5.75 Å². The van der Waals surface area contributed by atoms with Crippen LogP contribution in [0.25, 0.3) is 10.2 Å². The number of nitrogens with zero attached hydrogens (tertiary/aromatic N) is 3. The Morgan fingerprint density at radius 3 is 2.83 bits per heavy atom. The number of fused-ring (bicyclic) bond motifs is 1. The highest BCUT2D eigenvalue weighted by molar-refractivity contribution is 9.10. The summed E-state index contributed by atoms with van der Waals surface area (Å²) in [6.45, 7) is 0.274. The van der Waals surface area contributed by atoms with Gasteiger partial charge in [0.05, 0.1) is 35.1 Å². The second-order valence-electron chi connectivity index (χ2n) is 6.17. The predicted molar refractivity (Wildman–Crippen MR) is 120 cm³/mol. The molecule has 0 aliphatic rings. The van der Waals surface area contributed by atoms with Crippen LogP contribution in [-0.4, -0.2) is 23.0 Å². The Morgan fingerprint density at radius 1 is 1.21 bits per heavy atom. The summed E-state index contributed by atoms with van der Waals surface area (Å²) in [4.78, 5) is 24.2. The Kier molecular flexibility index (Phi) is 5.80. The summed E-state index contributed by atoms with van der Waals surface area (Å²) < 4.78 is 7.32. The van der Waals surface area contributed by atoms with E-state index in [1.807, 2.05) is 36.4 Å². The van der Waals surface area contributed by atoms with E-state index in [1.165, 1.54) is 18.4 Å². The number of rotatable bonds is 5. The van der Waals surface area contributed by atoms with Gasteiger partial charge in [-0.1, -0.05) is 44.9 Å². The van der Waals surface area contributed by atoms with Gasteiger partial charge in [-0.25, -0.2) is 4.98 Å². The highest BCUT2D eigenvalue weighted by Crippen LogP contribution is 2.34. The maximum absolute atomic E-state index is 13.5.